The molecule has 0 spiro atoms. The minimum Gasteiger partial charge on any atom is -0.383 e. The van der Waals surface area contributed by atoms with E-state index in [9.17, 15) is 18.0 Å². The van der Waals surface area contributed by atoms with Gasteiger partial charge in [0.1, 0.15) is 5.82 Å². The minimum absolute atomic E-state index is 0.0989. The third-order valence-electron chi connectivity index (χ3n) is 4.91. The van der Waals surface area contributed by atoms with Crippen LogP contribution in [0.3, 0.4) is 0 Å². The van der Waals surface area contributed by atoms with Crippen LogP contribution >= 0.6 is 0 Å². The molecule has 3 rings (SSSR count). The van der Waals surface area contributed by atoms with E-state index in [2.05, 4.69) is 15.7 Å². The predicted molar refractivity (Wildman–Crippen MR) is 122 cm³/mol. The van der Waals surface area contributed by atoms with Gasteiger partial charge in [-0.05, 0) is 61.9 Å². The molecule has 0 unspecified atom stereocenters. The molecule has 10 heteroatoms. The Morgan fingerprint density at radius 1 is 1.09 bits per heavy atom. The second-order valence-electron chi connectivity index (χ2n) is 7.46. The highest BCUT2D eigenvalue weighted by molar-refractivity contribution is 7.92. The van der Waals surface area contributed by atoms with Gasteiger partial charge in [0.25, 0.3) is 5.91 Å². The monoisotopic (exact) mass is 455 g/mol. The number of nitrogens with zero attached hydrogens (tertiary/aromatic N) is 2. The first-order valence-electron chi connectivity index (χ1n) is 9.92. The molecule has 0 aliphatic heterocycles. The summed E-state index contributed by atoms with van der Waals surface area (Å²) in [5.74, 6) is -0.531. The van der Waals surface area contributed by atoms with Crippen LogP contribution in [0.25, 0.3) is 11.1 Å². The highest BCUT2D eigenvalue weighted by Gasteiger charge is 2.21. The first-order valence-corrected chi connectivity index (χ1v) is 11.5. The molecule has 9 nitrogen and oxygen atoms in total. The van der Waals surface area contributed by atoms with Crippen LogP contribution in [0.4, 0.5) is 10.6 Å². The Kier molecular flexibility index (Phi) is 6.75. The maximum Gasteiger partial charge on any atom is 0.350 e. The number of benzene rings is 2. The summed E-state index contributed by atoms with van der Waals surface area (Å²) in [6, 6.07) is 12.2. The number of anilines is 1. The van der Waals surface area contributed by atoms with E-state index >= 15 is 0 Å². The van der Waals surface area contributed by atoms with Gasteiger partial charge in [-0.25, -0.2) is 13.2 Å². The quantitative estimate of drug-likeness (QED) is 0.519. The maximum atomic E-state index is 12.9. The molecule has 0 saturated heterocycles. The fourth-order valence-corrected chi connectivity index (χ4v) is 4.20. The van der Waals surface area contributed by atoms with E-state index in [0.717, 1.165) is 10.2 Å². The zero-order valence-electron chi connectivity index (χ0n) is 18.0. The molecule has 0 bridgehead atoms. The van der Waals surface area contributed by atoms with E-state index in [-0.39, 0.29) is 16.3 Å². The van der Waals surface area contributed by atoms with Gasteiger partial charge in [-0.3, -0.25) is 10.1 Å². The second-order valence-corrected chi connectivity index (χ2v) is 9.96. The normalized spacial score (nSPS) is 11.5. The fraction of sp³-hybridized carbons (Fsp3) is 0.227. The third-order valence-corrected chi connectivity index (χ3v) is 7.08. The van der Waals surface area contributed by atoms with Crippen LogP contribution < -0.4 is 16.4 Å². The molecular weight excluding hydrogens is 430 g/mol. The van der Waals surface area contributed by atoms with Crippen LogP contribution in [0.1, 0.15) is 29.8 Å². The zero-order chi connectivity index (χ0) is 23.5. The fourth-order valence-electron chi connectivity index (χ4n) is 3.14. The van der Waals surface area contributed by atoms with Gasteiger partial charge in [0, 0.05) is 18.2 Å². The van der Waals surface area contributed by atoms with Gasteiger partial charge in [0.2, 0.25) is 0 Å². The summed E-state index contributed by atoms with van der Waals surface area (Å²) in [5, 5.41) is 8.58. The standard InChI is InChI=1S/C22H25N5O4S/c1-14(2)32(30,31)17-7-5-16(6-8-17)19-12-15(13-24-3)4-9-18(19)21(28)26-22(29)27-20(23)10-11-25-27/h4-12,14,24H,13,23H2,1-3H3,(H,26,28,29). The Morgan fingerprint density at radius 2 is 1.78 bits per heavy atom. The number of amides is 2. The molecule has 1 aromatic heterocycles. The molecule has 4 N–H and O–H groups in total. The van der Waals surface area contributed by atoms with Crippen LogP contribution in [0.15, 0.2) is 59.6 Å². The lowest BCUT2D eigenvalue weighted by Crippen LogP contribution is -2.35. The molecule has 0 aliphatic rings. The van der Waals surface area contributed by atoms with Crippen molar-refractivity contribution in [2.24, 2.45) is 0 Å². The van der Waals surface area contributed by atoms with Crippen LogP contribution in [-0.4, -0.2) is 42.4 Å². The van der Waals surface area contributed by atoms with Crippen molar-refractivity contribution in [1.29, 1.82) is 0 Å². The molecule has 0 radical (unpaired) electrons. The molecular formula is C22H25N5O4S. The Bertz CT molecular complexity index is 1250. The number of aromatic nitrogens is 2. The average molecular weight is 456 g/mol. The summed E-state index contributed by atoms with van der Waals surface area (Å²) in [6.45, 7) is 3.81. The summed E-state index contributed by atoms with van der Waals surface area (Å²) >= 11 is 0. The number of hydrogen-bond donors (Lipinski definition) is 3. The van der Waals surface area contributed by atoms with Gasteiger partial charge in [-0.15, -0.1) is 0 Å². The number of nitrogens with two attached hydrogens (primary N) is 1. The van der Waals surface area contributed by atoms with E-state index in [0.29, 0.717) is 17.7 Å². The van der Waals surface area contributed by atoms with Crippen LogP contribution in [-0.2, 0) is 16.4 Å². The summed E-state index contributed by atoms with van der Waals surface area (Å²) in [4.78, 5) is 25.5. The van der Waals surface area contributed by atoms with Gasteiger partial charge >= 0.3 is 6.03 Å². The smallest absolute Gasteiger partial charge is 0.350 e. The highest BCUT2D eigenvalue weighted by Crippen LogP contribution is 2.27. The van der Waals surface area contributed by atoms with Crippen molar-refractivity contribution in [2.45, 2.75) is 30.5 Å². The van der Waals surface area contributed by atoms with Gasteiger partial charge in [-0.2, -0.15) is 9.78 Å². The Labute approximate surface area is 186 Å². The van der Waals surface area contributed by atoms with E-state index in [1.165, 1.54) is 24.4 Å². The SMILES string of the molecule is CNCc1ccc(C(=O)NC(=O)n2nccc2N)c(-c2ccc(S(=O)(=O)C(C)C)cc2)c1. The molecule has 32 heavy (non-hydrogen) atoms. The summed E-state index contributed by atoms with van der Waals surface area (Å²) in [5.41, 5.74) is 8.04. The van der Waals surface area contributed by atoms with E-state index in [1.807, 2.05) is 6.07 Å². The maximum absolute atomic E-state index is 12.9. The molecule has 2 aromatic carbocycles. The van der Waals surface area contributed by atoms with Crippen molar-refractivity contribution < 1.29 is 18.0 Å². The first kappa shape index (κ1) is 23.2. The van der Waals surface area contributed by atoms with Gasteiger partial charge in [-0.1, -0.05) is 18.2 Å². The van der Waals surface area contributed by atoms with Gasteiger partial charge in [0.05, 0.1) is 16.3 Å². The molecule has 168 valence electrons. The predicted octanol–water partition coefficient (Wildman–Crippen LogP) is 2.43. The van der Waals surface area contributed by atoms with Crippen molar-refractivity contribution in [2.75, 3.05) is 12.8 Å². The Hall–Kier alpha value is -3.50. The number of nitrogen functional groups attached to an aromatic ring is 1. The van der Waals surface area contributed by atoms with E-state index in [4.69, 9.17) is 5.73 Å². The molecule has 0 fully saturated rings. The molecule has 1 heterocycles. The number of sulfone groups is 1. The zero-order valence-corrected chi connectivity index (χ0v) is 18.8. The highest BCUT2D eigenvalue weighted by atomic mass is 32.2. The number of nitrogens with one attached hydrogen (secondary N) is 2. The van der Waals surface area contributed by atoms with Crippen molar-refractivity contribution in [3.63, 3.8) is 0 Å². The average Bonchev–Trinajstić information content (AvgIpc) is 3.20. The molecule has 2 amide bonds. The molecule has 3 aromatic rings. The topological polar surface area (TPSA) is 136 Å². The largest absolute Gasteiger partial charge is 0.383 e. The molecule has 0 saturated carbocycles. The second kappa shape index (κ2) is 9.33. The first-order chi connectivity index (χ1) is 15.1. The van der Waals surface area contributed by atoms with Gasteiger partial charge < -0.3 is 11.1 Å². The lowest BCUT2D eigenvalue weighted by molar-refractivity contribution is 0.0964. The Balaban J connectivity index is 1.99. The van der Waals surface area contributed by atoms with Crippen LogP contribution in [0, 0.1) is 0 Å². The summed E-state index contributed by atoms with van der Waals surface area (Å²) in [6.07, 6.45) is 1.35. The van der Waals surface area contributed by atoms with Crippen molar-refractivity contribution in [1.82, 2.24) is 20.4 Å². The number of imide groups is 1. The molecule has 0 aliphatic carbocycles. The van der Waals surface area contributed by atoms with Crippen LogP contribution in [0.5, 0.6) is 0 Å². The van der Waals surface area contributed by atoms with Crippen molar-refractivity contribution in [3.8, 4) is 11.1 Å². The number of carbonyl (C=O) groups is 2. The minimum atomic E-state index is -3.42. The van der Waals surface area contributed by atoms with Crippen LogP contribution in [0.2, 0.25) is 0 Å². The van der Waals surface area contributed by atoms with Gasteiger partial charge in [0.15, 0.2) is 9.84 Å². The summed E-state index contributed by atoms with van der Waals surface area (Å²) < 4.78 is 25.7. The number of carbonyl (C=O) groups excluding carboxylic acids is 2. The lowest BCUT2D eigenvalue weighted by atomic mass is 9.96. The molecule has 0 atom stereocenters. The third kappa shape index (κ3) is 4.71. The van der Waals surface area contributed by atoms with E-state index in [1.54, 1.807) is 45.2 Å². The van der Waals surface area contributed by atoms with E-state index < -0.39 is 27.0 Å². The van der Waals surface area contributed by atoms with Crippen molar-refractivity contribution >= 4 is 27.6 Å². The number of hydrogen-bond acceptors (Lipinski definition) is 7. The van der Waals surface area contributed by atoms with Crippen molar-refractivity contribution in [3.05, 3.63) is 65.9 Å². The lowest BCUT2D eigenvalue weighted by Gasteiger charge is -2.14. The summed E-state index contributed by atoms with van der Waals surface area (Å²) in [7, 11) is -1.62. The number of rotatable bonds is 6. The Morgan fingerprint density at radius 3 is 2.34 bits per heavy atom.